The molecule has 0 amide bonds. The third-order valence-corrected chi connectivity index (χ3v) is 4.88. The highest BCUT2D eigenvalue weighted by molar-refractivity contribution is 7.91. The van der Waals surface area contributed by atoms with Crippen molar-refractivity contribution in [3.8, 4) is 0 Å². The van der Waals surface area contributed by atoms with E-state index in [1.807, 2.05) is 27.8 Å². The van der Waals surface area contributed by atoms with Gasteiger partial charge in [0.2, 0.25) is 0 Å². The van der Waals surface area contributed by atoms with E-state index in [1.54, 1.807) is 6.92 Å². The molecule has 0 rings (SSSR count). The molecule has 1 atom stereocenters. The average Bonchev–Trinajstić information content (AvgIpc) is 2.24. The predicted molar refractivity (Wildman–Crippen MR) is 72.1 cm³/mol. The Labute approximate surface area is 106 Å². The van der Waals surface area contributed by atoms with Crippen LogP contribution >= 0.6 is 0 Å². The van der Waals surface area contributed by atoms with Crippen molar-refractivity contribution < 1.29 is 13.2 Å². The smallest absolute Gasteiger partial charge is 0.150 e. The number of nitrogens with one attached hydrogen (secondary N) is 1. The van der Waals surface area contributed by atoms with Gasteiger partial charge in [-0.25, -0.2) is 8.42 Å². The fourth-order valence-corrected chi connectivity index (χ4v) is 2.86. The van der Waals surface area contributed by atoms with Gasteiger partial charge in [-0.3, -0.25) is 0 Å². The Hall–Kier alpha value is -0.130. The van der Waals surface area contributed by atoms with Gasteiger partial charge in [0, 0.05) is 18.4 Å². The SMILES string of the molecule is CCOC(C)(C)C(CCCS(=O)(=O)CC)NC. The molecule has 0 bridgehead atoms. The van der Waals surface area contributed by atoms with Gasteiger partial charge in [-0.05, 0) is 40.7 Å². The van der Waals surface area contributed by atoms with E-state index in [4.69, 9.17) is 4.74 Å². The second kappa shape index (κ2) is 7.34. The molecule has 5 heteroatoms. The summed E-state index contributed by atoms with van der Waals surface area (Å²) in [5.41, 5.74) is -0.264. The Bertz CT molecular complexity index is 299. The van der Waals surface area contributed by atoms with Crippen LogP contribution in [0.5, 0.6) is 0 Å². The third-order valence-electron chi connectivity index (χ3n) is 3.09. The molecule has 0 aromatic carbocycles. The first-order valence-corrected chi connectivity index (χ1v) is 8.12. The molecule has 0 aromatic heterocycles. The van der Waals surface area contributed by atoms with Crippen molar-refractivity contribution in [2.24, 2.45) is 0 Å². The molecule has 0 saturated heterocycles. The van der Waals surface area contributed by atoms with Gasteiger partial charge in [-0.2, -0.15) is 0 Å². The summed E-state index contributed by atoms with van der Waals surface area (Å²) in [5.74, 6) is 0.496. The maximum Gasteiger partial charge on any atom is 0.150 e. The monoisotopic (exact) mass is 265 g/mol. The standard InChI is InChI=1S/C12H27NO3S/c1-6-16-12(3,4)11(13-5)9-8-10-17(14,15)7-2/h11,13H,6-10H2,1-5H3. The molecule has 0 saturated carbocycles. The lowest BCUT2D eigenvalue weighted by Gasteiger charge is -2.34. The van der Waals surface area contributed by atoms with Crippen LogP contribution in [-0.2, 0) is 14.6 Å². The number of sulfone groups is 1. The predicted octanol–water partition coefficient (Wildman–Crippen LogP) is 1.60. The minimum atomic E-state index is -2.85. The van der Waals surface area contributed by atoms with Crippen molar-refractivity contribution in [2.75, 3.05) is 25.2 Å². The minimum Gasteiger partial charge on any atom is -0.374 e. The van der Waals surface area contributed by atoms with Gasteiger partial charge in [0.1, 0.15) is 9.84 Å². The molecule has 4 nitrogen and oxygen atoms in total. The molecule has 0 radical (unpaired) electrons. The summed E-state index contributed by atoms with van der Waals surface area (Å²) in [4.78, 5) is 0. The van der Waals surface area contributed by atoms with E-state index in [1.165, 1.54) is 0 Å². The molecule has 1 unspecified atom stereocenters. The summed E-state index contributed by atoms with van der Waals surface area (Å²) in [6, 6.07) is 0.175. The number of likely N-dealkylation sites (N-methyl/N-ethyl adjacent to an activating group) is 1. The zero-order valence-electron chi connectivity index (χ0n) is 11.7. The first-order valence-electron chi connectivity index (χ1n) is 6.30. The Morgan fingerprint density at radius 1 is 1.29 bits per heavy atom. The van der Waals surface area contributed by atoms with Crippen molar-refractivity contribution in [3.05, 3.63) is 0 Å². The highest BCUT2D eigenvalue weighted by Crippen LogP contribution is 2.19. The maximum atomic E-state index is 11.4. The topological polar surface area (TPSA) is 55.4 Å². The molecule has 0 fully saturated rings. The summed E-state index contributed by atoms with van der Waals surface area (Å²) in [6.07, 6.45) is 1.49. The lowest BCUT2D eigenvalue weighted by Crippen LogP contribution is -2.47. The van der Waals surface area contributed by atoms with E-state index in [0.29, 0.717) is 13.0 Å². The molecular weight excluding hydrogens is 238 g/mol. The van der Waals surface area contributed by atoms with Crippen molar-refractivity contribution in [3.63, 3.8) is 0 Å². The lowest BCUT2D eigenvalue weighted by atomic mass is 9.94. The molecular formula is C12H27NO3S. The second-order valence-corrected chi connectivity index (χ2v) is 7.23. The second-order valence-electron chi connectivity index (χ2n) is 4.76. The average molecular weight is 265 g/mol. The van der Waals surface area contributed by atoms with Crippen LogP contribution < -0.4 is 5.32 Å². The lowest BCUT2D eigenvalue weighted by molar-refractivity contribution is -0.0384. The highest BCUT2D eigenvalue weighted by atomic mass is 32.2. The van der Waals surface area contributed by atoms with E-state index in [-0.39, 0.29) is 23.1 Å². The van der Waals surface area contributed by atoms with Crippen molar-refractivity contribution in [1.82, 2.24) is 5.32 Å². The summed E-state index contributed by atoms with van der Waals surface area (Å²) in [5, 5.41) is 3.21. The number of ether oxygens (including phenoxy) is 1. The van der Waals surface area contributed by atoms with Gasteiger partial charge in [0.25, 0.3) is 0 Å². The largest absolute Gasteiger partial charge is 0.374 e. The number of rotatable bonds is 9. The van der Waals surface area contributed by atoms with Crippen LogP contribution in [0.3, 0.4) is 0 Å². The minimum absolute atomic E-state index is 0.175. The first kappa shape index (κ1) is 16.9. The van der Waals surface area contributed by atoms with Gasteiger partial charge in [0.05, 0.1) is 11.4 Å². The van der Waals surface area contributed by atoms with E-state index < -0.39 is 9.84 Å². The fraction of sp³-hybridized carbons (Fsp3) is 1.00. The number of hydrogen-bond donors (Lipinski definition) is 1. The van der Waals surface area contributed by atoms with Gasteiger partial charge in [0.15, 0.2) is 0 Å². The van der Waals surface area contributed by atoms with E-state index in [9.17, 15) is 8.42 Å². The molecule has 0 aliphatic rings. The Morgan fingerprint density at radius 3 is 2.29 bits per heavy atom. The Balaban J connectivity index is 4.24. The van der Waals surface area contributed by atoms with Crippen LogP contribution in [0.4, 0.5) is 0 Å². The quantitative estimate of drug-likeness (QED) is 0.688. The maximum absolute atomic E-state index is 11.4. The Kier molecular flexibility index (Phi) is 7.28. The molecule has 0 spiro atoms. The van der Waals surface area contributed by atoms with Gasteiger partial charge in [-0.1, -0.05) is 6.92 Å². The molecule has 0 heterocycles. The summed E-state index contributed by atoms with van der Waals surface area (Å²) < 4.78 is 28.5. The summed E-state index contributed by atoms with van der Waals surface area (Å²) in [6.45, 7) is 8.39. The van der Waals surface area contributed by atoms with Crippen molar-refractivity contribution in [1.29, 1.82) is 0 Å². The normalized spacial score (nSPS) is 14.9. The molecule has 104 valence electrons. The van der Waals surface area contributed by atoms with Crippen LogP contribution in [0.1, 0.15) is 40.5 Å². The zero-order chi connectivity index (χ0) is 13.5. The van der Waals surface area contributed by atoms with Crippen LogP contribution in [-0.4, -0.2) is 45.2 Å². The van der Waals surface area contributed by atoms with Crippen molar-refractivity contribution >= 4 is 9.84 Å². The molecule has 0 aromatic rings. The van der Waals surface area contributed by atoms with Gasteiger partial charge >= 0.3 is 0 Å². The first-order chi connectivity index (χ1) is 7.79. The third kappa shape index (κ3) is 6.38. The Morgan fingerprint density at radius 2 is 1.88 bits per heavy atom. The molecule has 1 N–H and O–H groups in total. The van der Waals surface area contributed by atoms with E-state index in [2.05, 4.69) is 5.32 Å². The molecule has 0 aliphatic heterocycles. The van der Waals surface area contributed by atoms with Crippen LogP contribution in [0.2, 0.25) is 0 Å². The van der Waals surface area contributed by atoms with E-state index in [0.717, 1.165) is 6.42 Å². The van der Waals surface area contributed by atoms with Crippen LogP contribution in [0.15, 0.2) is 0 Å². The summed E-state index contributed by atoms with van der Waals surface area (Å²) >= 11 is 0. The van der Waals surface area contributed by atoms with Gasteiger partial charge in [-0.15, -0.1) is 0 Å². The van der Waals surface area contributed by atoms with Crippen molar-refractivity contribution in [2.45, 2.75) is 52.2 Å². The molecule has 17 heavy (non-hydrogen) atoms. The summed E-state index contributed by atoms with van der Waals surface area (Å²) in [7, 11) is -0.961. The highest BCUT2D eigenvalue weighted by Gasteiger charge is 2.28. The van der Waals surface area contributed by atoms with E-state index >= 15 is 0 Å². The zero-order valence-corrected chi connectivity index (χ0v) is 12.6. The van der Waals surface area contributed by atoms with Crippen LogP contribution in [0, 0.1) is 0 Å². The number of hydrogen-bond acceptors (Lipinski definition) is 4. The fourth-order valence-electron chi connectivity index (χ4n) is 1.96. The molecule has 0 aliphatic carbocycles. The van der Waals surface area contributed by atoms with Gasteiger partial charge < -0.3 is 10.1 Å². The van der Waals surface area contributed by atoms with Crippen LogP contribution in [0.25, 0.3) is 0 Å².